The Hall–Kier alpha value is -0.120. The van der Waals surface area contributed by atoms with Gasteiger partial charge in [0.05, 0.1) is 24.4 Å². The Morgan fingerprint density at radius 2 is 0.930 bits per heavy atom. The Balaban J connectivity index is 0.986. The monoisotopic (exact) mass is 597 g/mol. The fraction of sp³-hybridized carbons (Fsp3) is 1.00. The lowest BCUT2D eigenvalue weighted by molar-refractivity contribution is -0.114. The Morgan fingerprint density at radius 1 is 0.512 bits per heavy atom. The zero-order valence-corrected chi connectivity index (χ0v) is 28.2. The number of hydrogen-bond donors (Lipinski definition) is 1. The van der Waals surface area contributed by atoms with Crippen molar-refractivity contribution in [3.05, 3.63) is 0 Å². The molecule has 0 aromatic heterocycles. The zero-order valence-electron chi connectivity index (χ0n) is 28.2. The molecule has 5 atom stereocenters. The van der Waals surface area contributed by atoms with E-state index in [1.165, 1.54) is 128 Å². The standard InChI is InChI=1S/C40H68O3/c1-27-11-13-28(14-12-27)39(41)29-15-21-33(22-16-29)43-34-25-19-31(20-26-34)40(30-17-23-32(42-2)24-18-30)37-9-5-3-7-35(37)36-8-4-6-10-38(36)40/h27-39,41H,3-26H2,1-2H3. The molecule has 7 saturated carbocycles. The first kappa shape index (κ1) is 31.5. The van der Waals surface area contributed by atoms with E-state index in [-0.39, 0.29) is 6.10 Å². The first-order valence-corrected chi connectivity index (χ1v) is 19.9. The molecule has 3 nitrogen and oxygen atoms in total. The minimum atomic E-state index is -0.0577. The average molecular weight is 597 g/mol. The number of aliphatic hydroxyl groups is 1. The summed E-state index contributed by atoms with van der Waals surface area (Å²) in [5, 5.41) is 11.2. The lowest BCUT2D eigenvalue weighted by Crippen LogP contribution is -2.51. The Bertz CT molecular complexity index is 833. The summed E-state index contributed by atoms with van der Waals surface area (Å²) in [6.45, 7) is 2.39. The molecule has 7 aliphatic carbocycles. The number of ether oxygens (including phenoxy) is 2. The van der Waals surface area contributed by atoms with Gasteiger partial charge in [-0.1, -0.05) is 45.4 Å². The van der Waals surface area contributed by atoms with Crippen molar-refractivity contribution in [3.63, 3.8) is 0 Å². The van der Waals surface area contributed by atoms with Gasteiger partial charge in [-0.3, -0.25) is 0 Å². The van der Waals surface area contributed by atoms with Crippen LogP contribution in [0, 0.1) is 58.7 Å². The van der Waals surface area contributed by atoms with E-state index in [4.69, 9.17) is 9.47 Å². The van der Waals surface area contributed by atoms with Crippen LogP contribution in [0.1, 0.15) is 161 Å². The summed E-state index contributed by atoms with van der Waals surface area (Å²) in [5.41, 5.74) is 0.630. The molecule has 0 spiro atoms. The van der Waals surface area contributed by atoms with Gasteiger partial charge in [-0.15, -0.1) is 0 Å². The SMILES string of the molecule is COC1CCC(C2(C3CCC(OC4CCC(C(O)C5CCC(C)CC5)CC4)CC3)C3CCCCC3C3CCCCC32)CC1. The van der Waals surface area contributed by atoms with Gasteiger partial charge in [-0.2, -0.15) is 0 Å². The second-order valence-electron chi connectivity index (χ2n) is 17.5. The summed E-state index contributed by atoms with van der Waals surface area (Å²) in [7, 11) is 1.96. The first-order valence-electron chi connectivity index (χ1n) is 19.9. The van der Waals surface area contributed by atoms with Crippen LogP contribution in [0.5, 0.6) is 0 Å². The quantitative estimate of drug-likeness (QED) is 0.318. The molecule has 1 N–H and O–H groups in total. The van der Waals surface area contributed by atoms with Crippen LogP contribution in [-0.2, 0) is 9.47 Å². The van der Waals surface area contributed by atoms with E-state index >= 15 is 0 Å². The third-order valence-corrected chi connectivity index (χ3v) is 15.7. The third kappa shape index (κ3) is 6.17. The number of methoxy groups -OCH3 is 1. The lowest BCUT2D eigenvalue weighted by Gasteiger charge is -2.57. The topological polar surface area (TPSA) is 38.7 Å². The van der Waals surface area contributed by atoms with E-state index in [0.717, 1.165) is 41.4 Å². The fourth-order valence-corrected chi connectivity index (χ4v) is 13.8. The Labute approximate surface area is 265 Å². The van der Waals surface area contributed by atoms with Gasteiger partial charge in [0.2, 0.25) is 0 Å². The van der Waals surface area contributed by atoms with Crippen molar-refractivity contribution >= 4 is 0 Å². The fourth-order valence-electron chi connectivity index (χ4n) is 13.8. The molecule has 0 saturated heterocycles. The summed E-state index contributed by atoms with van der Waals surface area (Å²) in [5.74, 6) is 8.00. The smallest absolute Gasteiger partial charge is 0.0596 e. The van der Waals surface area contributed by atoms with Gasteiger partial charge < -0.3 is 14.6 Å². The predicted octanol–water partition coefficient (Wildman–Crippen LogP) is 10.1. The molecule has 0 aliphatic heterocycles. The average Bonchev–Trinajstić information content (AvgIpc) is 3.37. The minimum Gasteiger partial charge on any atom is -0.393 e. The van der Waals surface area contributed by atoms with Crippen molar-refractivity contribution in [3.8, 4) is 0 Å². The summed E-state index contributed by atoms with van der Waals surface area (Å²) in [6.07, 6.45) is 34.6. The van der Waals surface area contributed by atoms with Crippen LogP contribution in [0.25, 0.3) is 0 Å². The van der Waals surface area contributed by atoms with Crippen molar-refractivity contribution in [1.82, 2.24) is 0 Å². The van der Waals surface area contributed by atoms with Gasteiger partial charge >= 0.3 is 0 Å². The molecule has 3 heteroatoms. The normalized spacial score (nSPS) is 50.0. The van der Waals surface area contributed by atoms with E-state index in [9.17, 15) is 5.11 Å². The highest BCUT2D eigenvalue weighted by Gasteiger charge is 2.65. The highest BCUT2D eigenvalue weighted by molar-refractivity contribution is 5.13. The molecular weight excluding hydrogens is 528 g/mol. The molecule has 0 bridgehead atoms. The number of hydrogen-bond acceptors (Lipinski definition) is 3. The maximum Gasteiger partial charge on any atom is 0.0596 e. The van der Waals surface area contributed by atoms with Crippen LogP contribution < -0.4 is 0 Å². The molecule has 0 heterocycles. The summed E-state index contributed by atoms with van der Waals surface area (Å²) >= 11 is 0. The van der Waals surface area contributed by atoms with E-state index < -0.39 is 0 Å². The number of aliphatic hydroxyl groups excluding tert-OH is 1. The molecule has 7 aliphatic rings. The third-order valence-electron chi connectivity index (χ3n) is 15.7. The lowest BCUT2D eigenvalue weighted by atomic mass is 9.48. The van der Waals surface area contributed by atoms with Gasteiger partial charge in [0.1, 0.15) is 0 Å². The minimum absolute atomic E-state index is 0.0577. The first-order chi connectivity index (χ1) is 21.1. The van der Waals surface area contributed by atoms with Crippen LogP contribution in [0.3, 0.4) is 0 Å². The van der Waals surface area contributed by atoms with Crippen LogP contribution in [0.2, 0.25) is 0 Å². The van der Waals surface area contributed by atoms with Crippen LogP contribution in [-0.4, -0.2) is 36.6 Å². The van der Waals surface area contributed by atoms with Gasteiger partial charge in [0, 0.05) is 7.11 Å². The molecule has 0 aromatic carbocycles. The molecule has 0 amide bonds. The molecule has 5 unspecified atom stereocenters. The molecule has 7 rings (SSSR count). The van der Waals surface area contributed by atoms with Crippen molar-refractivity contribution in [2.24, 2.45) is 58.7 Å². The maximum atomic E-state index is 11.2. The van der Waals surface area contributed by atoms with Gasteiger partial charge in [-0.25, -0.2) is 0 Å². The zero-order chi connectivity index (χ0) is 29.4. The second-order valence-corrected chi connectivity index (χ2v) is 17.5. The van der Waals surface area contributed by atoms with E-state index in [1.807, 2.05) is 7.11 Å². The summed E-state index contributed by atoms with van der Waals surface area (Å²) < 4.78 is 12.9. The van der Waals surface area contributed by atoms with E-state index in [2.05, 4.69) is 6.92 Å². The van der Waals surface area contributed by atoms with Crippen molar-refractivity contribution in [2.45, 2.75) is 185 Å². The van der Waals surface area contributed by atoms with E-state index in [1.54, 1.807) is 25.7 Å². The van der Waals surface area contributed by atoms with Gasteiger partial charge in [0.25, 0.3) is 0 Å². The Kier molecular flexibility index (Phi) is 10.2. The molecule has 7 fully saturated rings. The molecule has 43 heavy (non-hydrogen) atoms. The highest BCUT2D eigenvalue weighted by atomic mass is 16.5. The summed E-state index contributed by atoms with van der Waals surface area (Å²) in [4.78, 5) is 0. The van der Waals surface area contributed by atoms with Crippen molar-refractivity contribution in [1.29, 1.82) is 0 Å². The van der Waals surface area contributed by atoms with Crippen molar-refractivity contribution < 1.29 is 14.6 Å². The van der Waals surface area contributed by atoms with Gasteiger partial charge in [0.15, 0.2) is 0 Å². The largest absolute Gasteiger partial charge is 0.393 e. The number of rotatable bonds is 7. The Morgan fingerprint density at radius 3 is 1.42 bits per heavy atom. The molecule has 246 valence electrons. The van der Waals surface area contributed by atoms with Gasteiger partial charge in [-0.05, 0) is 174 Å². The molecular formula is C40H68O3. The second kappa shape index (κ2) is 13.9. The van der Waals surface area contributed by atoms with Crippen LogP contribution in [0.4, 0.5) is 0 Å². The van der Waals surface area contributed by atoms with Crippen LogP contribution in [0.15, 0.2) is 0 Å². The molecule has 0 aromatic rings. The predicted molar refractivity (Wildman–Crippen MR) is 176 cm³/mol. The number of fused-ring (bicyclic) bond motifs is 3. The van der Waals surface area contributed by atoms with E-state index in [0.29, 0.717) is 35.6 Å². The van der Waals surface area contributed by atoms with Crippen molar-refractivity contribution in [2.75, 3.05) is 7.11 Å². The highest BCUT2D eigenvalue weighted by Crippen LogP contribution is 2.71. The molecule has 0 radical (unpaired) electrons. The van der Waals surface area contributed by atoms with Crippen LogP contribution >= 0.6 is 0 Å². The maximum absolute atomic E-state index is 11.2. The summed E-state index contributed by atoms with van der Waals surface area (Å²) in [6, 6.07) is 0.